The predicted octanol–water partition coefficient (Wildman–Crippen LogP) is 5.57. The van der Waals surface area contributed by atoms with E-state index in [1.54, 1.807) is 35.2 Å². The lowest BCUT2D eigenvalue weighted by Crippen LogP contribution is -2.26. The van der Waals surface area contributed by atoms with Gasteiger partial charge < -0.3 is 4.90 Å². The second-order valence-corrected chi connectivity index (χ2v) is 9.71. The zero-order valence-corrected chi connectivity index (χ0v) is 18.2. The molecule has 3 aromatic carbocycles. The van der Waals surface area contributed by atoms with Crippen LogP contribution in [0, 0.1) is 27.7 Å². The zero-order chi connectivity index (χ0) is 21.6. The smallest absolute Gasteiger partial charge is 0.214 e. The molecule has 152 valence electrons. The number of anilines is 2. The minimum absolute atomic E-state index is 0.139. The van der Waals surface area contributed by atoms with Crippen molar-refractivity contribution in [3.63, 3.8) is 0 Å². The van der Waals surface area contributed by atoms with E-state index in [1.165, 1.54) is 6.20 Å². The summed E-state index contributed by atoms with van der Waals surface area (Å²) in [4.78, 5) is 15.1. The summed E-state index contributed by atoms with van der Waals surface area (Å²) in [6, 6.07) is 18.2. The SMILES string of the molecule is Cc1cc(C)cc(N2C=C(C(=O)c3ccc(C)cc3C)S(=O)(=O)c3ccccc32)c1. The maximum Gasteiger partial charge on any atom is 0.214 e. The van der Waals surface area contributed by atoms with Gasteiger partial charge in [0.15, 0.2) is 0 Å². The molecule has 0 saturated carbocycles. The fourth-order valence-electron chi connectivity index (χ4n) is 3.94. The van der Waals surface area contributed by atoms with Crippen molar-refractivity contribution in [2.45, 2.75) is 32.6 Å². The van der Waals surface area contributed by atoms with Crippen molar-refractivity contribution >= 4 is 27.0 Å². The molecule has 0 aliphatic carbocycles. The first-order chi connectivity index (χ1) is 14.2. The summed E-state index contributed by atoms with van der Waals surface area (Å²) in [6.07, 6.45) is 1.47. The number of hydrogen-bond donors (Lipinski definition) is 0. The lowest BCUT2D eigenvalue weighted by atomic mass is 10.0. The molecule has 0 saturated heterocycles. The minimum atomic E-state index is -3.95. The molecule has 0 radical (unpaired) electrons. The van der Waals surface area contributed by atoms with E-state index in [1.807, 2.05) is 52.0 Å². The monoisotopic (exact) mass is 417 g/mol. The van der Waals surface area contributed by atoms with Gasteiger partial charge in [-0.15, -0.1) is 0 Å². The van der Waals surface area contributed by atoms with Crippen LogP contribution in [0.5, 0.6) is 0 Å². The third-order valence-corrected chi connectivity index (χ3v) is 7.08. The van der Waals surface area contributed by atoms with Crippen LogP contribution in [0.15, 0.2) is 76.7 Å². The number of para-hydroxylation sites is 1. The molecule has 0 fully saturated rings. The number of sulfone groups is 1. The summed E-state index contributed by atoms with van der Waals surface area (Å²) >= 11 is 0. The first-order valence-electron chi connectivity index (χ1n) is 9.74. The van der Waals surface area contributed by atoms with Crippen molar-refractivity contribution in [3.8, 4) is 0 Å². The van der Waals surface area contributed by atoms with E-state index in [4.69, 9.17) is 0 Å². The summed E-state index contributed by atoms with van der Waals surface area (Å²) in [5, 5.41) is 0. The van der Waals surface area contributed by atoms with Crippen LogP contribution in [-0.2, 0) is 9.84 Å². The van der Waals surface area contributed by atoms with Gasteiger partial charge in [0.2, 0.25) is 15.6 Å². The zero-order valence-electron chi connectivity index (χ0n) is 17.4. The molecule has 0 amide bonds. The second-order valence-electron chi connectivity index (χ2n) is 7.83. The first kappa shape index (κ1) is 20.1. The Hall–Kier alpha value is -3.18. The molecule has 1 aliphatic rings. The van der Waals surface area contributed by atoms with Crippen LogP contribution in [0.4, 0.5) is 11.4 Å². The fraction of sp³-hybridized carbons (Fsp3) is 0.160. The molecule has 1 heterocycles. The van der Waals surface area contributed by atoms with Crippen molar-refractivity contribution in [1.82, 2.24) is 0 Å². The molecule has 0 unspecified atom stereocenters. The number of nitrogens with zero attached hydrogens (tertiary/aromatic N) is 1. The van der Waals surface area contributed by atoms with Gasteiger partial charge in [-0.3, -0.25) is 4.79 Å². The highest BCUT2D eigenvalue weighted by atomic mass is 32.2. The molecule has 4 rings (SSSR count). The molecular formula is C25H23NO3S. The highest BCUT2D eigenvalue weighted by Gasteiger charge is 2.36. The standard InChI is InChI=1S/C25H23NO3S/c1-16-9-10-21(19(4)12-16)25(27)24-15-26(20-13-17(2)11-18(3)14-20)22-7-5-6-8-23(22)30(24,28)29/h5-15H,1-4H3. The third kappa shape index (κ3) is 3.35. The molecule has 5 heteroatoms. The van der Waals surface area contributed by atoms with Crippen molar-refractivity contribution in [2.24, 2.45) is 0 Å². The van der Waals surface area contributed by atoms with Crippen molar-refractivity contribution in [3.05, 3.63) is 99.6 Å². The normalized spacial score (nSPS) is 14.8. The summed E-state index contributed by atoms with van der Waals surface area (Å²) < 4.78 is 26.8. The van der Waals surface area contributed by atoms with Gasteiger partial charge in [-0.25, -0.2) is 8.42 Å². The Morgan fingerprint density at radius 3 is 2.13 bits per heavy atom. The van der Waals surface area contributed by atoms with E-state index in [-0.39, 0.29) is 9.80 Å². The minimum Gasteiger partial charge on any atom is -0.314 e. The maximum atomic E-state index is 13.4. The summed E-state index contributed by atoms with van der Waals surface area (Å²) in [6.45, 7) is 7.75. The van der Waals surface area contributed by atoms with Crippen LogP contribution < -0.4 is 4.90 Å². The van der Waals surface area contributed by atoms with E-state index < -0.39 is 15.6 Å². The van der Waals surface area contributed by atoms with Gasteiger partial charge in [0.25, 0.3) is 0 Å². The van der Waals surface area contributed by atoms with Crippen LogP contribution in [0.25, 0.3) is 0 Å². The number of hydrogen-bond acceptors (Lipinski definition) is 4. The Morgan fingerprint density at radius 2 is 1.47 bits per heavy atom. The number of carbonyl (C=O) groups is 1. The van der Waals surface area contributed by atoms with Crippen LogP contribution >= 0.6 is 0 Å². The van der Waals surface area contributed by atoms with Crippen LogP contribution in [0.3, 0.4) is 0 Å². The van der Waals surface area contributed by atoms with E-state index in [2.05, 4.69) is 6.07 Å². The molecule has 0 bridgehead atoms. The highest BCUT2D eigenvalue weighted by molar-refractivity contribution is 7.96. The number of allylic oxidation sites excluding steroid dienone is 1. The van der Waals surface area contributed by atoms with Gasteiger partial charge in [-0.2, -0.15) is 0 Å². The van der Waals surface area contributed by atoms with E-state index in [9.17, 15) is 13.2 Å². The highest BCUT2D eigenvalue weighted by Crippen LogP contribution is 2.40. The number of ketones is 1. The molecule has 0 aromatic heterocycles. The Labute approximate surface area is 177 Å². The van der Waals surface area contributed by atoms with Gasteiger partial charge in [-0.1, -0.05) is 42.0 Å². The van der Waals surface area contributed by atoms with Gasteiger partial charge >= 0.3 is 0 Å². The molecule has 4 nitrogen and oxygen atoms in total. The third-order valence-electron chi connectivity index (χ3n) is 5.29. The quantitative estimate of drug-likeness (QED) is 0.523. The van der Waals surface area contributed by atoms with E-state index in [0.717, 1.165) is 27.9 Å². The molecular weight excluding hydrogens is 394 g/mol. The Morgan fingerprint density at radius 1 is 0.800 bits per heavy atom. The van der Waals surface area contributed by atoms with Gasteiger partial charge in [0, 0.05) is 17.5 Å². The lowest BCUT2D eigenvalue weighted by molar-refractivity contribution is 0.104. The number of aryl methyl sites for hydroxylation is 4. The molecule has 3 aromatic rings. The predicted molar refractivity (Wildman–Crippen MR) is 120 cm³/mol. The Bertz CT molecular complexity index is 1300. The molecule has 0 atom stereocenters. The number of carbonyl (C=O) groups excluding carboxylic acids is 1. The van der Waals surface area contributed by atoms with Crippen molar-refractivity contribution in [1.29, 1.82) is 0 Å². The van der Waals surface area contributed by atoms with Gasteiger partial charge in [0.1, 0.15) is 4.91 Å². The maximum absolute atomic E-state index is 13.4. The van der Waals surface area contributed by atoms with E-state index >= 15 is 0 Å². The van der Waals surface area contributed by atoms with Crippen molar-refractivity contribution < 1.29 is 13.2 Å². The number of fused-ring (bicyclic) bond motifs is 1. The average Bonchev–Trinajstić information content (AvgIpc) is 2.67. The van der Waals surface area contributed by atoms with E-state index in [0.29, 0.717) is 11.3 Å². The largest absolute Gasteiger partial charge is 0.314 e. The molecule has 30 heavy (non-hydrogen) atoms. The van der Waals surface area contributed by atoms with Crippen LogP contribution in [-0.4, -0.2) is 14.2 Å². The van der Waals surface area contributed by atoms with Crippen molar-refractivity contribution in [2.75, 3.05) is 4.90 Å². The van der Waals surface area contributed by atoms with Crippen LogP contribution in [0.2, 0.25) is 0 Å². The first-order valence-corrected chi connectivity index (χ1v) is 11.2. The van der Waals surface area contributed by atoms with Crippen LogP contribution in [0.1, 0.15) is 32.6 Å². The molecule has 0 spiro atoms. The second kappa shape index (κ2) is 7.26. The topological polar surface area (TPSA) is 54.5 Å². The van der Waals surface area contributed by atoms with Gasteiger partial charge in [-0.05, 0) is 68.7 Å². The number of benzene rings is 3. The Balaban J connectivity index is 1.95. The summed E-state index contributed by atoms with van der Waals surface area (Å²) in [5.74, 6) is -0.489. The molecule has 0 N–H and O–H groups in total. The number of Topliss-reactive ketones (excluding diaryl/α,β-unsaturated/α-hetero) is 1. The summed E-state index contributed by atoms with van der Waals surface area (Å²) in [5.41, 5.74) is 5.66. The number of rotatable bonds is 3. The molecule has 1 aliphatic heterocycles. The van der Waals surface area contributed by atoms with Gasteiger partial charge in [0.05, 0.1) is 10.6 Å². The summed E-state index contributed by atoms with van der Waals surface area (Å²) in [7, 11) is -3.95. The average molecular weight is 418 g/mol. The fourth-order valence-corrected chi connectivity index (χ4v) is 5.48. The lowest BCUT2D eigenvalue weighted by Gasteiger charge is -2.29. The Kier molecular flexibility index (Phi) is 4.86.